The fraction of sp³-hybridized carbons (Fsp3) is 0.182. The second-order valence-electron chi connectivity index (χ2n) is 3.36. The van der Waals surface area contributed by atoms with E-state index in [2.05, 4.69) is 4.74 Å². The lowest BCUT2D eigenvalue weighted by Crippen LogP contribution is -2.37. The molecular weight excluding hydrogens is 294 g/mol. The third-order valence-corrected chi connectivity index (χ3v) is 2.71. The molecule has 0 heterocycles. The number of nitrogens with two attached hydrogens (primary N) is 1. The first-order valence-corrected chi connectivity index (χ1v) is 6.08. The number of rotatable bonds is 5. The van der Waals surface area contributed by atoms with Crippen LogP contribution in [0.2, 0.25) is 0 Å². The fourth-order valence-corrected chi connectivity index (χ4v) is 1.84. The molecule has 0 aromatic heterocycles. The van der Waals surface area contributed by atoms with Gasteiger partial charge in [0, 0.05) is 4.90 Å². The third kappa shape index (κ3) is 5.22. The van der Waals surface area contributed by atoms with Gasteiger partial charge in [-0.15, -0.1) is 0 Å². The number of carbonyl (C=O) groups is 3. The third-order valence-electron chi connectivity index (χ3n) is 1.92. The van der Waals surface area contributed by atoms with Crippen molar-refractivity contribution in [2.24, 2.45) is 5.73 Å². The molecule has 0 aliphatic carbocycles. The highest BCUT2D eigenvalue weighted by Crippen LogP contribution is 2.28. The molecule has 0 spiro atoms. The number of primary amides is 1. The van der Waals surface area contributed by atoms with E-state index >= 15 is 0 Å². The Morgan fingerprint density at radius 3 is 2.55 bits per heavy atom. The van der Waals surface area contributed by atoms with Gasteiger partial charge in [-0.3, -0.25) is 10.1 Å². The fourth-order valence-electron chi connectivity index (χ4n) is 1.22. The summed E-state index contributed by atoms with van der Waals surface area (Å²) in [6.07, 6.45) is 0. The Bertz CT molecular complexity index is 525. The van der Waals surface area contributed by atoms with E-state index in [1.54, 1.807) is 5.32 Å². The number of alkyl halides is 2. The molecular formula is C11H10F2N2O4S. The number of thioether (sulfide) groups is 1. The van der Waals surface area contributed by atoms with Crippen LogP contribution in [0, 0.1) is 0 Å². The normalized spacial score (nSPS) is 10.2. The molecule has 1 aromatic carbocycles. The molecule has 0 bridgehead atoms. The van der Waals surface area contributed by atoms with E-state index in [4.69, 9.17) is 5.73 Å². The number of hydrogen-bond donors (Lipinski definition) is 2. The summed E-state index contributed by atoms with van der Waals surface area (Å²) in [5.41, 5.74) is 4.60. The lowest BCUT2D eigenvalue weighted by molar-refractivity contribution is -0.123. The highest BCUT2D eigenvalue weighted by Gasteiger charge is 2.17. The molecule has 1 rings (SSSR count). The number of ether oxygens (including phenoxy) is 1. The van der Waals surface area contributed by atoms with Crippen molar-refractivity contribution in [3.05, 3.63) is 29.8 Å². The zero-order valence-electron chi connectivity index (χ0n) is 9.97. The lowest BCUT2D eigenvalue weighted by Gasteiger charge is -2.08. The van der Waals surface area contributed by atoms with E-state index in [-0.39, 0.29) is 22.2 Å². The van der Waals surface area contributed by atoms with Crippen LogP contribution >= 0.6 is 11.8 Å². The molecule has 108 valence electrons. The van der Waals surface area contributed by atoms with E-state index in [1.165, 1.54) is 24.3 Å². The molecule has 0 radical (unpaired) electrons. The molecule has 0 unspecified atom stereocenters. The Morgan fingerprint density at radius 1 is 1.30 bits per heavy atom. The van der Waals surface area contributed by atoms with Gasteiger partial charge in [-0.1, -0.05) is 23.9 Å². The van der Waals surface area contributed by atoms with Crippen LogP contribution in [0.25, 0.3) is 0 Å². The van der Waals surface area contributed by atoms with Gasteiger partial charge < -0.3 is 10.5 Å². The quantitative estimate of drug-likeness (QED) is 0.632. The topological polar surface area (TPSA) is 98.5 Å². The van der Waals surface area contributed by atoms with Crippen LogP contribution in [0.5, 0.6) is 0 Å². The number of carbonyl (C=O) groups excluding carboxylic acids is 3. The van der Waals surface area contributed by atoms with Crippen molar-refractivity contribution in [2.45, 2.75) is 10.7 Å². The van der Waals surface area contributed by atoms with Crippen LogP contribution in [0.15, 0.2) is 29.2 Å². The number of urea groups is 1. The minimum absolute atomic E-state index is 0.0304. The van der Waals surface area contributed by atoms with Gasteiger partial charge in [-0.2, -0.15) is 8.78 Å². The second-order valence-corrected chi connectivity index (χ2v) is 4.40. The number of benzene rings is 1. The maximum atomic E-state index is 12.3. The zero-order valence-corrected chi connectivity index (χ0v) is 10.8. The van der Waals surface area contributed by atoms with Gasteiger partial charge in [0.05, 0.1) is 5.56 Å². The number of esters is 1. The van der Waals surface area contributed by atoms with E-state index < -0.39 is 30.3 Å². The van der Waals surface area contributed by atoms with Crippen LogP contribution in [0.4, 0.5) is 13.6 Å². The van der Waals surface area contributed by atoms with E-state index in [9.17, 15) is 23.2 Å². The number of nitrogens with one attached hydrogen (secondary N) is 1. The van der Waals surface area contributed by atoms with Crippen LogP contribution < -0.4 is 11.1 Å². The summed E-state index contributed by atoms with van der Waals surface area (Å²) in [5, 5.41) is 1.69. The predicted octanol–water partition coefficient (Wildman–Crippen LogP) is 1.35. The molecule has 0 fully saturated rings. The number of amides is 3. The van der Waals surface area contributed by atoms with Gasteiger partial charge in [0.25, 0.3) is 11.7 Å². The van der Waals surface area contributed by atoms with Crippen LogP contribution in [0.1, 0.15) is 10.4 Å². The standard InChI is InChI=1S/C11H10F2N2O4S/c12-10(13)20-7-4-2-1-3-6(7)9(17)19-5-8(16)15-11(14)18/h1-4,10H,5H2,(H3,14,15,16,18). The van der Waals surface area contributed by atoms with Crippen molar-refractivity contribution in [1.82, 2.24) is 5.32 Å². The SMILES string of the molecule is NC(=O)NC(=O)COC(=O)c1ccccc1SC(F)F. The molecule has 9 heteroatoms. The monoisotopic (exact) mass is 304 g/mol. The Labute approximate surface area is 116 Å². The van der Waals surface area contributed by atoms with Gasteiger partial charge in [0.1, 0.15) is 0 Å². The van der Waals surface area contributed by atoms with Gasteiger partial charge in [-0.25, -0.2) is 9.59 Å². The predicted molar refractivity (Wildman–Crippen MR) is 66.3 cm³/mol. The minimum Gasteiger partial charge on any atom is -0.452 e. The van der Waals surface area contributed by atoms with Gasteiger partial charge in [0.15, 0.2) is 6.61 Å². The highest BCUT2D eigenvalue weighted by molar-refractivity contribution is 7.99. The van der Waals surface area contributed by atoms with Crippen molar-refractivity contribution < 1.29 is 27.9 Å². The summed E-state index contributed by atoms with van der Waals surface area (Å²) in [6, 6.07) is 4.49. The van der Waals surface area contributed by atoms with Crippen molar-refractivity contribution in [1.29, 1.82) is 0 Å². The number of hydrogen-bond acceptors (Lipinski definition) is 5. The zero-order chi connectivity index (χ0) is 15.1. The Balaban J connectivity index is 2.68. The molecule has 0 aliphatic heterocycles. The first-order chi connectivity index (χ1) is 9.40. The molecule has 0 saturated carbocycles. The second kappa shape index (κ2) is 7.43. The largest absolute Gasteiger partial charge is 0.452 e. The van der Waals surface area contributed by atoms with Gasteiger partial charge >= 0.3 is 12.0 Å². The summed E-state index contributed by atoms with van der Waals surface area (Å²) >= 11 is 0.189. The molecule has 1 aromatic rings. The molecule has 3 N–H and O–H groups in total. The smallest absolute Gasteiger partial charge is 0.339 e. The average molecular weight is 304 g/mol. The maximum Gasteiger partial charge on any atom is 0.339 e. The summed E-state index contributed by atoms with van der Waals surface area (Å²) in [7, 11) is 0. The Kier molecular flexibility index (Phi) is 5.91. The molecule has 0 atom stereocenters. The first kappa shape index (κ1) is 15.9. The highest BCUT2D eigenvalue weighted by atomic mass is 32.2. The van der Waals surface area contributed by atoms with E-state index in [1.807, 2.05) is 0 Å². The van der Waals surface area contributed by atoms with Crippen molar-refractivity contribution in [3.8, 4) is 0 Å². The summed E-state index contributed by atoms with van der Waals surface area (Å²) in [6.45, 7) is -0.741. The molecule has 0 aliphatic rings. The minimum atomic E-state index is -2.69. The number of imide groups is 1. The van der Waals surface area contributed by atoms with Crippen molar-refractivity contribution >= 4 is 29.7 Å². The number of halogens is 2. The first-order valence-electron chi connectivity index (χ1n) is 5.20. The van der Waals surface area contributed by atoms with Gasteiger partial charge in [-0.05, 0) is 12.1 Å². The summed E-state index contributed by atoms with van der Waals surface area (Å²) in [5.74, 6) is -4.56. The van der Waals surface area contributed by atoms with E-state index in [0.717, 1.165) is 0 Å². The Hall–Kier alpha value is -2.16. The van der Waals surface area contributed by atoms with Crippen LogP contribution in [-0.2, 0) is 9.53 Å². The van der Waals surface area contributed by atoms with E-state index in [0.29, 0.717) is 0 Å². The van der Waals surface area contributed by atoms with Crippen LogP contribution in [-0.4, -0.2) is 30.3 Å². The van der Waals surface area contributed by atoms with Crippen molar-refractivity contribution in [2.75, 3.05) is 6.61 Å². The van der Waals surface area contributed by atoms with Crippen LogP contribution in [0.3, 0.4) is 0 Å². The molecule has 3 amide bonds. The molecule has 0 saturated heterocycles. The van der Waals surface area contributed by atoms with Crippen molar-refractivity contribution in [3.63, 3.8) is 0 Å². The Morgan fingerprint density at radius 2 is 1.95 bits per heavy atom. The summed E-state index contributed by atoms with van der Waals surface area (Å²) < 4.78 is 29.2. The molecule has 20 heavy (non-hydrogen) atoms. The maximum absolute atomic E-state index is 12.3. The van der Waals surface area contributed by atoms with Gasteiger partial charge in [0.2, 0.25) is 0 Å². The molecule has 6 nitrogen and oxygen atoms in total. The average Bonchev–Trinajstić information content (AvgIpc) is 2.35. The summed E-state index contributed by atoms with van der Waals surface area (Å²) in [4.78, 5) is 33.1. The lowest BCUT2D eigenvalue weighted by atomic mass is 10.2.